The van der Waals surface area contributed by atoms with Crippen molar-refractivity contribution in [2.24, 2.45) is 7.05 Å². The SMILES string of the molecule is CNS(=O)(=O)c1ccc(CNCc2nncn2C)o1. The van der Waals surface area contributed by atoms with Crippen molar-refractivity contribution < 1.29 is 12.8 Å². The smallest absolute Gasteiger partial charge is 0.273 e. The largest absolute Gasteiger partial charge is 0.447 e. The molecule has 0 aromatic carbocycles. The molecule has 0 atom stereocenters. The molecule has 2 rings (SSSR count). The molecule has 9 heteroatoms. The van der Waals surface area contributed by atoms with Gasteiger partial charge in [0.1, 0.15) is 17.9 Å². The maximum Gasteiger partial charge on any atom is 0.273 e. The topological polar surface area (TPSA) is 102 Å². The van der Waals surface area contributed by atoms with Crippen LogP contribution in [-0.2, 0) is 30.2 Å². The molecule has 0 aliphatic carbocycles. The van der Waals surface area contributed by atoms with Crippen LogP contribution < -0.4 is 10.0 Å². The number of nitrogens with one attached hydrogen (secondary N) is 2. The minimum absolute atomic E-state index is 0.0922. The van der Waals surface area contributed by atoms with Gasteiger partial charge < -0.3 is 14.3 Å². The summed E-state index contributed by atoms with van der Waals surface area (Å²) in [5.74, 6) is 1.32. The highest BCUT2D eigenvalue weighted by Crippen LogP contribution is 2.13. The van der Waals surface area contributed by atoms with Gasteiger partial charge in [-0.15, -0.1) is 10.2 Å². The van der Waals surface area contributed by atoms with Crippen LogP contribution in [-0.4, -0.2) is 30.2 Å². The van der Waals surface area contributed by atoms with Crippen molar-refractivity contribution in [1.82, 2.24) is 24.8 Å². The molecule has 19 heavy (non-hydrogen) atoms. The zero-order valence-electron chi connectivity index (χ0n) is 10.6. The van der Waals surface area contributed by atoms with E-state index in [1.165, 1.54) is 13.1 Å². The molecule has 0 saturated carbocycles. The Labute approximate surface area is 110 Å². The van der Waals surface area contributed by atoms with E-state index in [9.17, 15) is 8.42 Å². The third-order valence-corrected chi connectivity index (χ3v) is 3.84. The highest BCUT2D eigenvalue weighted by Gasteiger charge is 2.16. The first-order chi connectivity index (χ1) is 9.03. The predicted molar refractivity (Wildman–Crippen MR) is 66.5 cm³/mol. The highest BCUT2D eigenvalue weighted by molar-refractivity contribution is 7.89. The first kappa shape index (κ1) is 13.7. The van der Waals surface area contributed by atoms with Gasteiger partial charge in [0.2, 0.25) is 5.09 Å². The number of rotatable bonds is 6. The molecular formula is C10H15N5O3S. The van der Waals surface area contributed by atoms with Gasteiger partial charge in [0.05, 0.1) is 13.1 Å². The normalized spacial score (nSPS) is 11.9. The maximum absolute atomic E-state index is 11.5. The van der Waals surface area contributed by atoms with Crippen LogP contribution in [0.5, 0.6) is 0 Å². The van der Waals surface area contributed by atoms with Crippen molar-refractivity contribution in [3.05, 3.63) is 30.0 Å². The van der Waals surface area contributed by atoms with Gasteiger partial charge in [-0.3, -0.25) is 0 Å². The summed E-state index contributed by atoms with van der Waals surface area (Å²) in [7, 11) is -0.337. The summed E-state index contributed by atoms with van der Waals surface area (Å²) in [6.07, 6.45) is 1.61. The summed E-state index contributed by atoms with van der Waals surface area (Å²) >= 11 is 0. The van der Waals surface area contributed by atoms with E-state index < -0.39 is 10.0 Å². The summed E-state index contributed by atoms with van der Waals surface area (Å²) in [4.78, 5) is 0. The molecule has 0 fully saturated rings. The lowest BCUT2D eigenvalue weighted by Gasteiger charge is -2.02. The monoisotopic (exact) mass is 285 g/mol. The molecule has 0 aliphatic rings. The Bertz CT molecular complexity index is 646. The zero-order chi connectivity index (χ0) is 13.9. The van der Waals surface area contributed by atoms with Gasteiger partial charge >= 0.3 is 0 Å². The van der Waals surface area contributed by atoms with Gasteiger partial charge in [0.15, 0.2) is 0 Å². The van der Waals surface area contributed by atoms with Crippen LogP contribution in [0, 0.1) is 0 Å². The predicted octanol–water partition coefficient (Wildman–Crippen LogP) is -0.394. The minimum atomic E-state index is -3.52. The van der Waals surface area contributed by atoms with Crippen molar-refractivity contribution in [2.45, 2.75) is 18.2 Å². The van der Waals surface area contributed by atoms with E-state index in [4.69, 9.17) is 4.42 Å². The van der Waals surface area contributed by atoms with Crippen LogP contribution in [0.25, 0.3) is 0 Å². The van der Waals surface area contributed by atoms with Crippen LogP contribution in [0.3, 0.4) is 0 Å². The summed E-state index contributed by atoms with van der Waals surface area (Å²) in [5.41, 5.74) is 0. The second kappa shape index (κ2) is 5.51. The minimum Gasteiger partial charge on any atom is -0.447 e. The highest BCUT2D eigenvalue weighted by atomic mass is 32.2. The molecule has 2 aromatic heterocycles. The van der Waals surface area contributed by atoms with Crippen LogP contribution in [0.15, 0.2) is 28.0 Å². The summed E-state index contributed by atoms with van der Waals surface area (Å²) < 4.78 is 32.2. The van der Waals surface area contributed by atoms with E-state index in [-0.39, 0.29) is 5.09 Å². The van der Waals surface area contributed by atoms with Crippen molar-refractivity contribution in [3.8, 4) is 0 Å². The fraction of sp³-hybridized carbons (Fsp3) is 0.400. The molecule has 0 unspecified atom stereocenters. The Hall–Kier alpha value is -1.71. The Morgan fingerprint density at radius 3 is 2.79 bits per heavy atom. The molecule has 0 spiro atoms. The van der Waals surface area contributed by atoms with Gasteiger partial charge in [-0.1, -0.05) is 0 Å². The average molecular weight is 285 g/mol. The Morgan fingerprint density at radius 2 is 2.16 bits per heavy atom. The number of aryl methyl sites for hydroxylation is 1. The second-order valence-electron chi connectivity index (χ2n) is 3.89. The third kappa shape index (κ3) is 3.19. The van der Waals surface area contributed by atoms with Crippen LogP contribution >= 0.6 is 0 Å². The lowest BCUT2D eigenvalue weighted by molar-refractivity contribution is 0.399. The molecular weight excluding hydrogens is 270 g/mol. The van der Waals surface area contributed by atoms with Crippen molar-refractivity contribution in [1.29, 1.82) is 0 Å². The summed E-state index contributed by atoms with van der Waals surface area (Å²) in [5, 5.41) is 10.7. The van der Waals surface area contributed by atoms with Gasteiger partial charge in [-0.25, -0.2) is 13.1 Å². The Morgan fingerprint density at radius 1 is 1.37 bits per heavy atom. The summed E-state index contributed by atoms with van der Waals surface area (Å²) in [6.45, 7) is 0.928. The van der Waals surface area contributed by atoms with Crippen LogP contribution in [0.2, 0.25) is 0 Å². The van der Waals surface area contributed by atoms with Crippen LogP contribution in [0.4, 0.5) is 0 Å². The van der Waals surface area contributed by atoms with Crippen molar-refractivity contribution >= 4 is 10.0 Å². The fourth-order valence-corrected chi connectivity index (χ4v) is 2.13. The van der Waals surface area contributed by atoms with E-state index in [1.807, 2.05) is 7.05 Å². The van der Waals surface area contributed by atoms with Crippen molar-refractivity contribution in [3.63, 3.8) is 0 Å². The van der Waals surface area contributed by atoms with Gasteiger partial charge in [0, 0.05) is 7.05 Å². The van der Waals surface area contributed by atoms with Gasteiger partial charge in [0.25, 0.3) is 10.0 Å². The second-order valence-corrected chi connectivity index (χ2v) is 5.71. The average Bonchev–Trinajstić information content (AvgIpc) is 3.00. The number of sulfonamides is 1. The molecule has 0 bridgehead atoms. The van der Waals surface area contributed by atoms with Crippen LogP contribution in [0.1, 0.15) is 11.6 Å². The molecule has 0 amide bonds. The fourth-order valence-electron chi connectivity index (χ4n) is 1.46. The lowest BCUT2D eigenvalue weighted by atomic mass is 10.4. The quantitative estimate of drug-likeness (QED) is 0.749. The molecule has 104 valence electrons. The molecule has 2 aromatic rings. The number of aromatic nitrogens is 3. The Balaban J connectivity index is 1.93. The first-order valence-corrected chi connectivity index (χ1v) is 7.07. The van der Waals surface area contributed by atoms with Gasteiger partial charge in [-0.2, -0.15) is 0 Å². The molecule has 0 saturated heterocycles. The molecule has 2 N–H and O–H groups in total. The van der Waals surface area contributed by atoms with E-state index in [2.05, 4.69) is 20.2 Å². The molecule has 0 radical (unpaired) electrons. The maximum atomic E-state index is 11.5. The lowest BCUT2D eigenvalue weighted by Crippen LogP contribution is -2.18. The van der Waals surface area contributed by atoms with Crippen molar-refractivity contribution in [2.75, 3.05) is 7.05 Å². The van der Waals surface area contributed by atoms with E-state index in [1.54, 1.807) is 17.0 Å². The Kier molecular flexibility index (Phi) is 3.98. The first-order valence-electron chi connectivity index (χ1n) is 5.59. The number of hydrogen-bond donors (Lipinski definition) is 2. The standard InChI is InChI=1S/C10H15N5O3S/c1-11-19(16,17)10-4-3-8(18-10)5-12-6-9-14-13-7-15(9)2/h3-4,7,11-12H,5-6H2,1-2H3. The van der Waals surface area contributed by atoms with E-state index in [0.717, 1.165) is 5.82 Å². The van der Waals surface area contributed by atoms with E-state index >= 15 is 0 Å². The number of furan rings is 1. The van der Waals surface area contributed by atoms with E-state index in [0.29, 0.717) is 18.8 Å². The van der Waals surface area contributed by atoms with Gasteiger partial charge in [-0.05, 0) is 19.2 Å². The molecule has 2 heterocycles. The summed E-state index contributed by atoms with van der Waals surface area (Å²) in [6, 6.07) is 3.04. The number of nitrogens with zero attached hydrogens (tertiary/aromatic N) is 3. The molecule has 0 aliphatic heterocycles. The zero-order valence-corrected chi connectivity index (χ0v) is 11.4. The third-order valence-electron chi connectivity index (χ3n) is 2.56. The number of hydrogen-bond acceptors (Lipinski definition) is 6. The molecule has 8 nitrogen and oxygen atoms in total.